The molecule has 0 amide bonds. The van der Waals surface area contributed by atoms with E-state index < -0.39 is 0 Å². The molecule has 0 aliphatic carbocycles. The van der Waals surface area contributed by atoms with Crippen LogP contribution in [-0.4, -0.2) is 0 Å². The first-order valence-electron chi connectivity index (χ1n) is 17.3. The normalized spacial score (nSPS) is 11.5. The van der Waals surface area contributed by atoms with Crippen molar-refractivity contribution in [3.05, 3.63) is 188 Å². The Balaban J connectivity index is 1.20. The highest BCUT2D eigenvalue weighted by molar-refractivity contribution is 6.14. The van der Waals surface area contributed by atoms with Gasteiger partial charge in [0.2, 0.25) is 0 Å². The van der Waals surface area contributed by atoms with Crippen molar-refractivity contribution >= 4 is 60.9 Å². The molecule has 51 heavy (non-hydrogen) atoms. The Bertz CT molecular complexity index is 2830. The third kappa shape index (κ3) is 4.90. The van der Waals surface area contributed by atoms with Gasteiger partial charge in [-0.15, -0.1) is 0 Å². The summed E-state index contributed by atoms with van der Waals surface area (Å²) in [4.78, 5) is 2.35. The summed E-state index contributed by atoms with van der Waals surface area (Å²) < 4.78 is 13.0. The predicted molar refractivity (Wildman–Crippen MR) is 212 cm³/mol. The molecule has 10 rings (SSSR count). The number of fused-ring (bicyclic) bond motifs is 6. The van der Waals surface area contributed by atoms with Gasteiger partial charge in [-0.3, -0.25) is 0 Å². The largest absolute Gasteiger partial charge is 0.456 e. The third-order valence-corrected chi connectivity index (χ3v) is 9.90. The number of furan rings is 2. The van der Waals surface area contributed by atoms with Gasteiger partial charge in [0.05, 0.1) is 5.69 Å². The predicted octanol–water partition coefficient (Wildman–Crippen LogP) is 14.0. The van der Waals surface area contributed by atoms with Crippen LogP contribution in [0.15, 0.2) is 197 Å². The monoisotopic (exact) mass is 653 g/mol. The molecule has 0 atom stereocenters. The Kier molecular flexibility index (Phi) is 6.81. The van der Waals surface area contributed by atoms with Crippen molar-refractivity contribution in [2.75, 3.05) is 4.90 Å². The molecule has 0 saturated carbocycles. The molecule has 0 aliphatic heterocycles. The topological polar surface area (TPSA) is 29.5 Å². The molecule has 0 spiro atoms. The van der Waals surface area contributed by atoms with E-state index in [4.69, 9.17) is 8.83 Å². The van der Waals surface area contributed by atoms with Crippen molar-refractivity contribution in [3.63, 3.8) is 0 Å². The number of hydrogen-bond acceptors (Lipinski definition) is 3. The van der Waals surface area contributed by atoms with E-state index in [9.17, 15) is 0 Å². The SMILES string of the molecule is c1ccc(-c2ccc(N(c3ccc(-c4cccc5oc6ccccc6c45)cc3)c3c(-c4ccccc4)ccc4c3oc3ccccc34)cc2)cc1. The number of rotatable bonds is 6. The molecule has 0 bridgehead atoms. The minimum atomic E-state index is 0.850. The molecule has 0 aliphatic rings. The zero-order valence-corrected chi connectivity index (χ0v) is 27.7. The van der Waals surface area contributed by atoms with Gasteiger partial charge in [-0.25, -0.2) is 0 Å². The van der Waals surface area contributed by atoms with E-state index in [0.717, 1.165) is 83.2 Å². The van der Waals surface area contributed by atoms with Crippen LogP contribution in [0, 0.1) is 0 Å². The minimum absolute atomic E-state index is 0.850. The van der Waals surface area contributed by atoms with E-state index in [-0.39, 0.29) is 0 Å². The van der Waals surface area contributed by atoms with Crippen molar-refractivity contribution in [3.8, 4) is 33.4 Å². The summed E-state index contributed by atoms with van der Waals surface area (Å²) in [7, 11) is 0. The highest BCUT2D eigenvalue weighted by Crippen LogP contribution is 2.48. The van der Waals surface area contributed by atoms with Gasteiger partial charge in [-0.05, 0) is 76.3 Å². The van der Waals surface area contributed by atoms with Crippen LogP contribution in [0.1, 0.15) is 0 Å². The fraction of sp³-hybridized carbons (Fsp3) is 0. The third-order valence-electron chi connectivity index (χ3n) is 9.90. The maximum atomic E-state index is 6.78. The lowest BCUT2D eigenvalue weighted by atomic mass is 9.97. The lowest BCUT2D eigenvalue weighted by Crippen LogP contribution is -2.11. The van der Waals surface area contributed by atoms with Crippen LogP contribution in [0.5, 0.6) is 0 Å². The van der Waals surface area contributed by atoms with E-state index in [2.05, 4.69) is 169 Å². The van der Waals surface area contributed by atoms with Gasteiger partial charge in [0, 0.05) is 38.5 Å². The molecular formula is C48H31NO2. The fourth-order valence-corrected chi connectivity index (χ4v) is 7.49. The lowest BCUT2D eigenvalue weighted by molar-refractivity contribution is 0.668. The second-order valence-corrected chi connectivity index (χ2v) is 12.9. The highest BCUT2D eigenvalue weighted by atomic mass is 16.3. The molecule has 2 aromatic heterocycles. The lowest BCUT2D eigenvalue weighted by Gasteiger charge is -2.28. The Hall–Kier alpha value is -6.84. The summed E-state index contributed by atoms with van der Waals surface area (Å²) in [5.41, 5.74) is 13.4. The first-order valence-corrected chi connectivity index (χ1v) is 17.3. The summed E-state index contributed by atoms with van der Waals surface area (Å²) in [6.45, 7) is 0. The zero-order valence-electron chi connectivity index (χ0n) is 27.7. The van der Waals surface area contributed by atoms with Gasteiger partial charge in [0.15, 0.2) is 5.58 Å². The van der Waals surface area contributed by atoms with Crippen LogP contribution >= 0.6 is 0 Å². The Morgan fingerprint density at radius 2 is 0.843 bits per heavy atom. The molecule has 0 unspecified atom stereocenters. The molecule has 0 saturated heterocycles. The molecule has 240 valence electrons. The van der Waals surface area contributed by atoms with Gasteiger partial charge in [-0.2, -0.15) is 0 Å². The second-order valence-electron chi connectivity index (χ2n) is 12.9. The Morgan fingerprint density at radius 3 is 1.55 bits per heavy atom. The van der Waals surface area contributed by atoms with Gasteiger partial charge in [0.1, 0.15) is 16.7 Å². The van der Waals surface area contributed by atoms with Gasteiger partial charge < -0.3 is 13.7 Å². The molecule has 10 aromatic rings. The maximum absolute atomic E-state index is 6.78. The quantitative estimate of drug-likeness (QED) is 0.179. The summed E-state index contributed by atoms with van der Waals surface area (Å²) in [5, 5.41) is 4.44. The number of para-hydroxylation sites is 2. The van der Waals surface area contributed by atoms with E-state index in [1.807, 2.05) is 24.3 Å². The van der Waals surface area contributed by atoms with Crippen LogP contribution in [0.4, 0.5) is 17.1 Å². The number of benzene rings is 8. The number of nitrogens with zero attached hydrogens (tertiary/aromatic N) is 1. The fourth-order valence-electron chi connectivity index (χ4n) is 7.49. The number of hydrogen-bond donors (Lipinski definition) is 0. The maximum Gasteiger partial charge on any atom is 0.160 e. The molecule has 3 nitrogen and oxygen atoms in total. The first kappa shape index (κ1) is 29.1. The van der Waals surface area contributed by atoms with Crippen LogP contribution in [-0.2, 0) is 0 Å². The van der Waals surface area contributed by atoms with Crippen LogP contribution in [0.25, 0.3) is 77.3 Å². The molecule has 0 N–H and O–H groups in total. The number of anilines is 3. The van der Waals surface area contributed by atoms with E-state index in [1.165, 1.54) is 11.1 Å². The smallest absolute Gasteiger partial charge is 0.160 e. The van der Waals surface area contributed by atoms with Crippen molar-refractivity contribution in [2.24, 2.45) is 0 Å². The summed E-state index contributed by atoms with van der Waals surface area (Å²) >= 11 is 0. The van der Waals surface area contributed by atoms with Gasteiger partial charge in [-0.1, -0.05) is 140 Å². The highest BCUT2D eigenvalue weighted by Gasteiger charge is 2.24. The van der Waals surface area contributed by atoms with Crippen molar-refractivity contribution < 1.29 is 8.83 Å². The van der Waals surface area contributed by atoms with Crippen LogP contribution in [0.3, 0.4) is 0 Å². The van der Waals surface area contributed by atoms with Crippen LogP contribution < -0.4 is 4.90 Å². The molecular weight excluding hydrogens is 623 g/mol. The summed E-state index contributed by atoms with van der Waals surface area (Å²) in [6, 6.07) is 66.1. The molecule has 2 heterocycles. The van der Waals surface area contributed by atoms with Crippen molar-refractivity contribution in [2.45, 2.75) is 0 Å². The summed E-state index contributed by atoms with van der Waals surface area (Å²) in [6.07, 6.45) is 0. The molecule has 8 aromatic carbocycles. The standard InChI is InChI=1S/C48H31NO2/c1-3-12-32(13-4-1)33-22-26-36(27-23-33)49(37-28-24-35(25-29-37)38-18-11-21-45-46(38)42-17-8-10-20-44(42)50-45)47-39(34-14-5-2-6-15-34)30-31-41-40-16-7-9-19-43(40)51-48(41)47/h1-31H. The molecule has 0 fully saturated rings. The Morgan fingerprint density at radius 1 is 0.314 bits per heavy atom. The van der Waals surface area contributed by atoms with Gasteiger partial charge >= 0.3 is 0 Å². The van der Waals surface area contributed by atoms with E-state index in [1.54, 1.807) is 0 Å². The van der Waals surface area contributed by atoms with E-state index in [0.29, 0.717) is 0 Å². The minimum Gasteiger partial charge on any atom is -0.456 e. The van der Waals surface area contributed by atoms with Crippen molar-refractivity contribution in [1.29, 1.82) is 0 Å². The first-order chi connectivity index (χ1) is 25.3. The average molecular weight is 654 g/mol. The second kappa shape index (κ2) is 11.9. The molecule has 3 heteroatoms. The molecule has 0 radical (unpaired) electrons. The van der Waals surface area contributed by atoms with Crippen LogP contribution in [0.2, 0.25) is 0 Å². The van der Waals surface area contributed by atoms with Gasteiger partial charge in [0.25, 0.3) is 0 Å². The zero-order chi connectivity index (χ0) is 33.7. The van der Waals surface area contributed by atoms with E-state index >= 15 is 0 Å². The van der Waals surface area contributed by atoms with Crippen molar-refractivity contribution in [1.82, 2.24) is 0 Å². The average Bonchev–Trinajstić information content (AvgIpc) is 3.78. The Labute approximate surface area is 295 Å². The summed E-state index contributed by atoms with van der Waals surface area (Å²) in [5.74, 6) is 0.